The highest BCUT2D eigenvalue weighted by molar-refractivity contribution is 7.90. The third-order valence-electron chi connectivity index (χ3n) is 6.30. The number of carbonyl (C=O) groups excluding carboxylic acids is 3. The first kappa shape index (κ1) is 27.0. The van der Waals surface area contributed by atoms with E-state index in [4.69, 9.17) is 0 Å². The molecule has 1 aliphatic carbocycles. The molecule has 1 aliphatic heterocycles. The number of nitrogens with one attached hydrogen (secondary N) is 1. The summed E-state index contributed by atoms with van der Waals surface area (Å²) in [5, 5.41) is 2.55. The molecule has 0 saturated carbocycles. The summed E-state index contributed by atoms with van der Waals surface area (Å²) in [5.74, 6) is 5.11. The standard InChI is InChI=1S/C27H25F2N3O5S/c1-4-7-16-10-11-19(22(14-16)38(3,36)37)24-23-20(12-13-21(23)33)31(27(35)32(24)26(34)30-5-2)18-9-6-8-17(15-18)25(28)29/h6,8-11,14-15,24-25H,5,12-13H2,1-3H3,(H,30,34). The number of imide groups is 1. The van der Waals surface area contributed by atoms with Gasteiger partial charge in [-0.2, -0.15) is 0 Å². The van der Waals surface area contributed by atoms with E-state index in [0.29, 0.717) is 5.56 Å². The number of hydrogen-bond donors (Lipinski definition) is 1. The van der Waals surface area contributed by atoms with Crippen LogP contribution in [0.2, 0.25) is 0 Å². The fourth-order valence-corrected chi connectivity index (χ4v) is 5.72. The highest BCUT2D eigenvalue weighted by Crippen LogP contribution is 2.46. The van der Waals surface area contributed by atoms with E-state index in [9.17, 15) is 31.6 Å². The maximum absolute atomic E-state index is 14.0. The summed E-state index contributed by atoms with van der Waals surface area (Å²) in [6.45, 7) is 3.37. The Kier molecular flexibility index (Phi) is 7.37. The van der Waals surface area contributed by atoms with Gasteiger partial charge in [0.05, 0.1) is 10.6 Å². The molecule has 0 spiro atoms. The number of benzene rings is 2. The van der Waals surface area contributed by atoms with Crippen LogP contribution in [0.1, 0.15) is 55.8 Å². The zero-order chi connectivity index (χ0) is 27.8. The van der Waals surface area contributed by atoms with Crippen molar-refractivity contribution >= 4 is 33.4 Å². The Balaban J connectivity index is 2.03. The SMILES string of the molecule is CC#Cc1ccc(C2C3=C(CCC3=O)N(c3cccc(C(F)F)c3)C(=O)N2C(=O)NCC)c(S(C)(=O)=O)c1. The van der Waals surface area contributed by atoms with E-state index in [1.807, 2.05) is 0 Å². The largest absolute Gasteiger partial charge is 0.338 e. The highest BCUT2D eigenvalue weighted by atomic mass is 32.2. The third-order valence-corrected chi connectivity index (χ3v) is 7.46. The predicted molar refractivity (Wildman–Crippen MR) is 136 cm³/mol. The molecule has 2 aliphatic rings. The van der Waals surface area contributed by atoms with Crippen LogP contribution >= 0.6 is 0 Å². The number of alkyl halides is 2. The van der Waals surface area contributed by atoms with Gasteiger partial charge in [-0.15, -0.1) is 5.92 Å². The van der Waals surface area contributed by atoms with Crippen molar-refractivity contribution in [2.45, 2.75) is 44.1 Å². The van der Waals surface area contributed by atoms with Gasteiger partial charge in [0.25, 0.3) is 6.43 Å². The van der Waals surface area contributed by atoms with Gasteiger partial charge in [-0.3, -0.25) is 9.69 Å². The van der Waals surface area contributed by atoms with Gasteiger partial charge >= 0.3 is 12.1 Å². The number of carbonyl (C=O) groups is 3. The molecule has 198 valence electrons. The Bertz CT molecular complexity index is 1540. The van der Waals surface area contributed by atoms with Crippen molar-refractivity contribution in [3.05, 3.63) is 70.4 Å². The fourth-order valence-electron chi connectivity index (χ4n) is 4.77. The van der Waals surface area contributed by atoms with Crippen molar-refractivity contribution in [2.75, 3.05) is 17.7 Å². The van der Waals surface area contributed by atoms with Gasteiger partial charge in [-0.25, -0.2) is 31.7 Å². The fraction of sp³-hybridized carbons (Fsp3) is 0.296. The minimum atomic E-state index is -3.90. The van der Waals surface area contributed by atoms with E-state index in [1.165, 1.54) is 30.3 Å². The lowest BCUT2D eigenvalue weighted by atomic mass is 9.92. The van der Waals surface area contributed by atoms with Crippen molar-refractivity contribution < 1.29 is 31.6 Å². The number of anilines is 1. The van der Waals surface area contributed by atoms with Crippen molar-refractivity contribution in [1.82, 2.24) is 10.2 Å². The number of rotatable bonds is 5. The molecule has 1 atom stereocenters. The van der Waals surface area contributed by atoms with Crippen molar-refractivity contribution in [3.8, 4) is 11.8 Å². The van der Waals surface area contributed by atoms with Crippen LogP contribution in [0.4, 0.5) is 24.1 Å². The van der Waals surface area contributed by atoms with E-state index in [1.54, 1.807) is 19.9 Å². The molecule has 38 heavy (non-hydrogen) atoms. The quantitative estimate of drug-likeness (QED) is 0.552. The van der Waals surface area contributed by atoms with Crippen LogP contribution in [0, 0.1) is 11.8 Å². The molecule has 11 heteroatoms. The third kappa shape index (κ3) is 4.79. The number of urea groups is 2. The minimum Gasteiger partial charge on any atom is -0.338 e. The monoisotopic (exact) mass is 541 g/mol. The Morgan fingerprint density at radius 3 is 2.53 bits per heavy atom. The minimum absolute atomic E-state index is 0.0102. The predicted octanol–water partition coefficient (Wildman–Crippen LogP) is 4.73. The summed E-state index contributed by atoms with van der Waals surface area (Å²) >= 11 is 0. The summed E-state index contributed by atoms with van der Waals surface area (Å²) in [7, 11) is -3.90. The number of nitrogens with zero attached hydrogens (tertiary/aromatic N) is 2. The smallest absolute Gasteiger partial charge is 0.337 e. The van der Waals surface area contributed by atoms with E-state index in [-0.39, 0.29) is 58.1 Å². The van der Waals surface area contributed by atoms with Crippen molar-refractivity contribution in [3.63, 3.8) is 0 Å². The number of allylic oxidation sites excluding steroid dienone is 1. The molecule has 2 aromatic carbocycles. The Morgan fingerprint density at radius 2 is 1.89 bits per heavy atom. The van der Waals surface area contributed by atoms with Crippen LogP contribution in [-0.4, -0.2) is 44.0 Å². The summed E-state index contributed by atoms with van der Waals surface area (Å²) in [6, 6.07) is 6.39. The molecule has 0 aromatic heterocycles. The zero-order valence-corrected chi connectivity index (χ0v) is 21.7. The Hall–Kier alpha value is -4.04. The average molecular weight is 542 g/mol. The second-order valence-corrected chi connectivity index (χ2v) is 10.8. The van der Waals surface area contributed by atoms with E-state index < -0.39 is 34.4 Å². The van der Waals surface area contributed by atoms with Crippen molar-refractivity contribution in [2.24, 2.45) is 0 Å². The lowest BCUT2D eigenvalue weighted by Crippen LogP contribution is -2.55. The summed E-state index contributed by atoms with van der Waals surface area (Å²) < 4.78 is 52.7. The normalized spacial score (nSPS) is 17.5. The molecule has 0 radical (unpaired) electrons. The summed E-state index contributed by atoms with van der Waals surface area (Å²) in [5.41, 5.74) is 0.518. The van der Waals surface area contributed by atoms with Crippen LogP contribution in [0.15, 0.2) is 58.6 Å². The number of Topliss-reactive ketones (excluding diaryl/α,β-unsaturated/α-hetero) is 1. The number of ketones is 1. The molecule has 4 amide bonds. The molecule has 0 bridgehead atoms. The van der Waals surface area contributed by atoms with Gasteiger partial charge < -0.3 is 5.32 Å². The lowest BCUT2D eigenvalue weighted by molar-refractivity contribution is -0.115. The van der Waals surface area contributed by atoms with Crippen LogP contribution in [-0.2, 0) is 14.6 Å². The molecule has 8 nitrogen and oxygen atoms in total. The van der Waals surface area contributed by atoms with Gasteiger partial charge in [-0.1, -0.05) is 24.1 Å². The van der Waals surface area contributed by atoms with E-state index in [2.05, 4.69) is 17.2 Å². The maximum atomic E-state index is 14.0. The summed E-state index contributed by atoms with van der Waals surface area (Å²) in [6.07, 6.45) is -1.69. The number of halogens is 2. The Morgan fingerprint density at radius 1 is 1.16 bits per heavy atom. The van der Waals surface area contributed by atoms with Gasteiger partial charge in [-0.05, 0) is 50.1 Å². The first-order chi connectivity index (χ1) is 18.0. The lowest BCUT2D eigenvalue weighted by Gasteiger charge is -2.41. The first-order valence-electron chi connectivity index (χ1n) is 11.8. The van der Waals surface area contributed by atoms with Crippen molar-refractivity contribution in [1.29, 1.82) is 0 Å². The summed E-state index contributed by atoms with van der Waals surface area (Å²) in [4.78, 5) is 42.2. The average Bonchev–Trinajstić information content (AvgIpc) is 3.24. The molecule has 0 saturated heterocycles. The highest BCUT2D eigenvalue weighted by Gasteiger charge is 2.49. The zero-order valence-electron chi connectivity index (χ0n) is 20.9. The molecule has 1 N–H and O–H groups in total. The molecule has 4 rings (SSSR count). The maximum Gasteiger partial charge on any atom is 0.337 e. The second kappa shape index (κ2) is 10.4. The van der Waals surface area contributed by atoms with Crippen LogP contribution in [0.5, 0.6) is 0 Å². The molecule has 2 aromatic rings. The van der Waals surface area contributed by atoms with E-state index in [0.717, 1.165) is 22.1 Å². The van der Waals surface area contributed by atoms with Gasteiger partial charge in [0, 0.05) is 41.6 Å². The van der Waals surface area contributed by atoms with Crippen LogP contribution in [0.3, 0.4) is 0 Å². The number of hydrogen-bond acceptors (Lipinski definition) is 5. The van der Waals surface area contributed by atoms with Crippen LogP contribution in [0.25, 0.3) is 0 Å². The van der Waals surface area contributed by atoms with Crippen LogP contribution < -0.4 is 10.2 Å². The molecule has 1 heterocycles. The number of sulfone groups is 1. The van der Waals surface area contributed by atoms with Gasteiger partial charge in [0.15, 0.2) is 15.6 Å². The first-order valence-corrected chi connectivity index (χ1v) is 13.7. The molecule has 1 unspecified atom stereocenters. The topological polar surface area (TPSA) is 104 Å². The molecule has 0 fully saturated rings. The Labute approximate surface area is 219 Å². The molecular formula is C27H25F2N3O5S. The van der Waals surface area contributed by atoms with Gasteiger partial charge in [0.2, 0.25) is 0 Å². The number of amides is 4. The van der Waals surface area contributed by atoms with Gasteiger partial charge in [0.1, 0.15) is 6.04 Å². The van der Waals surface area contributed by atoms with E-state index >= 15 is 0 Å². The second-order valence-electron chi connectivity index (χ2n) is 8.81. The molecular weight excluding hydrogens is 516 g/mol.